The average Bonchev–Trinajstić information content (AvgIpc) is 2.99. The van der Waals surface area contributed by atoms with Gasteiger partial charge in [0, 0.05) is 12.1 Å². The first-order valence-corrected chi connectivity index (χ1v) is 7.32. The van der Waals surface area contributed by atoms with E-state index < -0.39 is 0 Å². The van der Waals surface area contributed by atoms with Gasteiger partial charge in [-0.2, -0.15) is 5.10 Å². The molecule has 5 heteroatoms. The van der Waals surface area contributed by atoms with Gasteiger partial charge >= 0.3 is 0 Å². The Morgan fingerprint density at radius 3 is 2.48 bits per heavy atom. The largest absolute Gasteiger partial charge is 0.497 e. The lowest BCUT2D eigenvalue weighted by atomic mass is 9.94. The Labute approximate surface area is 126 Å². The van der Waals surface area contributed by atoms with E-state index in [-0.39, 0.29) is 0 Å². The molecule has 0 spiro atoms. The van der Waals surface area contributed by atoms with Crippen LogP contribution in [0.15, 0.2) is 36.9 Å². The van der Waals surface area contributed by atoms with Gasteiger partial charge in [-0.1, -0.05) is 19.1 Å². The summed E-state index contributed by atoms with van der Waals surface area (Å²) >= 11 is 0. The number of ether oxygens (including phenoxy) is 1. The summed E-state index contributed by atoms with van der Waals surface area (Å²) in [6, 6.07) is 8.99. The topological polar surface area (TPSA) is 52.0 Å². The van der Waals surface area contributed by atoms with Crippen LogP contribution in [0.1, 0.15) is 32.3 Å². The summed E-state index contributed by atoms with van der Waals surface area (Å²) in [6.07, 6.45) is 3.31. The van der Waals surface area contributed by atoms with E-state index in [4.69, 9.17) is 4.74 Å². The van der Waals surface area contributed by atoms with E-state index >= 15 is 0 Å². The molecule has 0 aliphatic carbocycles. The quantitative estimate of drug-likeness (QED) is 0.850. The van der Waals surface area contributed by atoms with Crippen LogP contribution in [0.25, 0.3) is 0 Å². The molecule has 114 valence electrons. The van der Waals surface area contributed by atoms with Crippen molar-refractivity contribution in [3.05, 3.63) is 42.5 Å². The van der Waals surface area contributed by atoms with Gasteiger partial charge in [0.05, 0.1) is 13.7 Å². The predicted octanol–water partition coefficient (Wildman–Crippen LogP) is 2.46. The monoisotopic (exact) mass is 288 g/mol. The second kappa shape index (κ2) is 7.22. The first kappa shape index (κ1) is 15.5. The molecule has 1 aromatic carbocycles. The number of nitrogens with zero attached hydrogens (tertiary/aromatic N) is 3. The summed E-state index contributed by atoms with van der Waals surface area (Å²) in [4.78, 5) is 3.97. The van der Waals surface area contributed by atoms with E-state index in [0.717, 1.165) is 12.3 Å². The summed E-state index contributed by atoms with van der Waals surface area (Å²) in [7, 11) is 1.69. The molecule has 1 N–H and O–H groups in total. The van der Waals surface area contributed by atoms with Crippen molar-refractivity contribution in [2.24, 2.45) is 0 Å². The van der Waals surface area contributed by atoms with Gasteiger partial charge in [0.2, 0.25) is 0 Å². The Morgan fingerprint density at radius 2 is 1.90 bits per heavy atom. The van der Waals surface area contributed by atoms with Gasteiger partial charge in [0.25, 0.3) is 0 Å². The third-order valence-electron chi connectivity index (χ3n) is 3.87. The highest BCUT2D eigenvalue weighted by Gasteiger charge is 2.16. The van der Waals surface area contributed by atoms with Crippen LogP contribution in [0.5, 0.6) is 5.75 Å². The van der Waals surface area contributed by atoms with Gasteiger partial charge in [-0.3, -0.25) is 4.68 Å². The van der Waals surface area contributed by atoms with Crippen molar-refractivity contribution in [2.75, 3.05) is 7.11 Å². The van der Waals surface area contributed by atoms with Crippen molar-refractivity contribution in [2.45, 2.75) is 45.3 Å². The molecule has 1 heterocycles. The lowest BCUT2D eigenvalue weighted by Gasteiger charge is -2.25. The molecule has 0 saturated carbocycles. The minimum absolute atomic E-state index is 0.336. The van der Waals surface area contributed by atoms with Gasteiger partial charge in [-0.05, 0) is 37.5 Å². The molecule has 0 amide bonds. The first-order valence-electron chi connectivity index (χ1n) is 7.32. The maximum absolute atomic E-state index is 5.20. The summed E-state index contributed by atoms with van der Waals surface area (Å²) in [5.74, 6) is 1.32. The Balaban J connectivity index is 1.90. The van der Waals surface area contributed by atoms with Crippen LogP contribution in [0.4, 0.5) is 0 Å². The molecular weight excluding hydrogens is 264 g/mol. The first-order chi connectivity index (χ1) is 10.1. The Hall–Kier alpha value is -1.88. The highest BCUT2D eigenvalue weighted by molar-refractivity contribution is 5.29. The standard InChI is InChI=1S/C16H24N4O/c1-12(9-20-11-17-10-18-20)19-14(3)13(2)15-5-7-16(21-4)8-6-15/h5-8,10-14,19H,9H2,1-4H3/t12-,13-,14-/m1/s1. The zero-order valence-corrected chi connectivity index (χ0v) is 13.2. The number of benzene rings is 1. The Kier molecular flexibility index (Phi) is 5.33. The van der Waals surface area contributed by atoms with Gasteiger partial charge in [0.1, 0.15) is 18.4 Å². The van der Waals surface area contributed by atoms with Gasteiger partial charge < -0.3 is 10.1 Å². The smallest absolute Gasteiger partial charge is 0.137 e. The van der Waals surface area contributed by atoms with Crippen LogP contribution in [0.3, 0.4) is 0 Å². The fraction of sp³-hybridized carbons (Fsp3) is 0.500. The van der Waals surface area contributed by atoms with Crippen molar-refractivity contribution < 1.29 is 4.74 Å². The molecule has 5 nitrogen and oxygen atoms in total. The van der Waals surface area contributed by atoms with Gasteiger partial charge in [-0.25, -0.2) is 4.98 Å². The molecule has 0 bridgehead atoms. The van der Waals surface area contributed by atoms with E-state index in [2.05, 4.69) is 48.3 Å². The van der Waals surface area contributed by atoms with E-state index in [1.165, 1.54) is 5.56 Å². The normalized spacial score (nSPS) is 15.4. The van der Waals surface area contributed by atoms with E-state index in [1.807, 2.05) is 16.8 Å². The highest BCUT2D eigenvalue weighted by Crippen LogP contribution is 2.22. The minimum Gasteiger partial charge on any atom is -0.497 e. The van der Waals surface area contributed by atoms with Gasteiger partial charge in [-0.15, -0.1) is 0 Å². The summed E-state index contributed by atoms with van der Waals surface area (Å²) < 4.78 is 7.05. The van der Waals surface area contributed by atoms with E-state index in [0.29, 0.717) is 18.0 Å². The summed E-state index contributed by atoms with van der Waals surface area (Å²) in [5, 5.41) is 7.76. The molecule has 0 unspecified atom stereocenters. The third-order valence-corrected chi connectivity index (χ3v) is 3.87. The third kappa shape index (κ3) is 4.29. The SMILES string of the molecule is COc1ccc([C@H](C)[C@@H](C)N[C@H](C)Cn2cncn2)cc1. The molecular formula is C16H24N4O. The molecule has 3 atom stereocenters. The molecule has 0 aliphatic heterocycles. The Morgan fingerprint density at radius 1 is 1.19 bits per heavy atom. The maximum atomic E-state index is 5.20. The Bertz CT molecular complexity index is 524. The van der Waals surface area contributed by atoms with Crippen LogP contribution in [-0.2, 0) is 6.54 Å². The van der Waals surface area contributed by atoms with Crippen LogP contribution >= 0.6 is 0 Å². The number of hydrogen-bond donors (Lipinski definition) is 1. The fourth-order valence-corrected chi connectivity index (χ4v) is 2.45. The summed E-state index contributed by atoms with van der Waals surface area (Å²) in [5.41, 5.74) is 1.31. The number of methoxy groups -OCH3 is 1. The predicted molar refractivity (Wildman–Crippen MR) is 83.5 cm³/mol. The second-order valence-corrected chi connectivity index (χ2v) is 5.54. The zero-order chi connectivity index (χ0) is 15.2. The summed E-state index contributed by atoms with van der Waals surface area (Å²) in [6.45, 7) is 7.44. The number of nitrogens with one attached hydrogen (secondary N) is 1. The van der Waals surface area contributed by atoms with Crippen LogP contribution in [-0.4, -0.2) is 34.0 Å². The molecule has 21 heavy (non-hydrogen) atoms. The fourth-order valence-electron chi connectivity index (χ4n) is 2.45. The van der Waals surface area contributed by atoms with E-state index in [9.17, 15) is 0 Å². The number of aromatic nitrogens is 3. The lowest BCUT2D eigenvalue weighted by Crippen LogP contribution is -2.40. The molecule has 0 saturated heterocycles. The van der Waals surface area contributed by atoms with Crippen molar-refractivity contribution in [1.29, 1.82) is 0 Å². The maximum Gasteiger partial charge on any atom is 0.137 e. The van der Waals surface area contributed by atoms with Crippen LogP contribution in [0, 0.1) is 0 Å². The number of hydrogen-bond acceptors (Lipinski definition) is 4. The zero-order valence-electron chi connectivity index (χ0n) is 13.2. The number of rotatable bonds is 7. The molecule has 0 radical (unpaired) electrons. The van der Waals surface area contributed by atoms with Crippen molar-refractivity contribution in [3.8, 4) is 5.75 Å². The van der Waals surface area contributed by atoms with Gasteiger partial charge in [0.15, 0.2) is 0 Å². The molecule has 2 rings (SSSR count). The average molecular weight is 288 g/mol. The van der Waals surface area contributed by atoms with Crippen molar-refractivity contribution in [3.63, 3.8) is 0 Å². The highest BCUT2D eigenvalue weighted by atomic mass is 16.5. The molecule has 0 aliphatic rings. The molecule has 0 fully saturated rings. The van der Waals surface area contributed by atoms with E-state index in [1.54, 1.807) is 19.8 Å². The lowest BCUT2D eigenvalue weighted by molar-refractivity contribution is 0.379. The molecule has 2 aromatic rings. The second-order valence-electron chi connectivity index (χ2n) is 5.54. The van der Waals surface area contributed by atoms with Crippen molar-refractivity contribution >= 4 is 0 Å². The van der Waals surface area contributed by atoms with Crippen LogP contribution < -0.4 is 10.1 Å². The minimum atomic E-state index is 0.336. The molecule has 1 aromatic heterocycles. The van der Waals surface area contributed by atoms with Crippen LogP contribution in [0.2, 0.25) is 0 Å². The van der Waals surface area contributed by atoms with Crippen molar-refractivity contribution in [1.82, 2.24) is 20.1 Å².